The Morgan fingerprint density at radius 1 is 1.44 bits per heavy atom. The molecule has 4 heteroatoms. The Kier molecular flexibility index (Phi) is 4.71. The first-order valence-electron chi connectivity index (χ1n) is 5.50. The zero-order valence-electron chi connectivity index (χ0n) is 10.1. The minimum Gasteiger partial charge on any atom is -0.271 e. The molecule has 90 valence electrons. The van der Waals surface area contributed by atoms with Crippen LogP contribution in [0.4, 0.5) is 0 Å². The topological polar surface area (TPSA) is 50.9 Å². The number of aromatic nitrogens is 1. The zero-order valence-corrected chi connectivity index (χ0v) is 10.9. The van der Waals surface area contributed by atoms with Gasteiger partial charge < -0.3 is 0 Å². The predicted molar refractivity (Wildman–Crippen MR) is 68.0 cm³/mol. The molecule has 0 radical (unpaired) electrons. The summed E-state index contributed by atoms with van der Waals surface area (Å²) in [6, 6.07) is 3.84. The fraction of sp³-hybridized carbons (Fsp3) is 0.583. The molecule has 1 heterocycles. The molecule has 0 aliphatic heterocycles. The molecule has 1 unspecified atom stereocenters. The number of rotatable bonds is 4. The fourth-order valence-electron chi connectivity index (χ4n) is 1.49. The summed E-state index contributed by atoms with van der Waals surface area (Å²) in [7, 11) is 0. The van der Waals surface area contributed by atoms with Crippen LogP contribution in [0.25, 0.3) is 0 Å². The maximum atomic E-state index is 5.80. The second-order valence-electron chi connectivity index (χ2n) is 5.22. The van der Waals surface area contributed by atoms with Crippen molar-refractivity contribution in [2.45, 2.75) is 39.7 Å². The van der Waals surface area contributed by atoms with Gasteiger partial charge in [0, 0.05) is 6.20 Å². The van der Waals surface area contributed by atoms with Gasteiger partial charge in [-0.3, -0.25) is 16.3 Å². The Bertz CT molecular complexity index is 316. The lowest BCUT2D eigenvalue weighted by Crippen LogP contribution is -2.29. The molecule has 1 aromatic rings. The van der Waals surface area contributed by atoms with E-state index in [2.05, 4.69) is 31.2 Å². The van der Waals surface area contributed by atoms with Crippen LogP contribution in [0.5, 0.6) is 0 Å². The van der Waals surface area contributed by atoms with Crippen LogP contribution in [-0.2, 0) is 0 Å². The molecule has 0 aliphatic carbocycles. The van der Waals surface area contributed by atoms with Crippen molar-refractivity contribution in [3.63, 3.8) is 0 Å². The Morgan fingerprint density at radius 2 is 2.12 bits per heavy atom. The van der Waals surface area contributed by atoms with Crippen molar-refractivity contribution in [3.8, 4) is 0 Å². The van der Waals surface area contributed by atoms with Gasteiger partial charge in [-0.05, 0) is 30.4 Å². The van der Waals surface area contributed by atoms with E-state index in [0.717, 1.165) is 18.5 Å². The van der Waals surface area contributed by atoms with Crippen LogP contribution in [-0.4, -0.2) is 4.98 Å². The number of nitrogens with zero attached hydrogens (tertiary/aromatic N) is 1. The average Bonchev–Trinajstić information content (AvgIpc) is 2.20. The van der Waals surface area contributed by atoms with Crippen molar-refractivity contribution in [2.75, 3.05) is 0 Å². The van der Waals surface area contributed by atoms with E-state index in [1.165, 1.54) is 0 Å². The molecule has 3 N–H and O–H groups in total. The first kappa shape index (κ1) is 13.4. The normalized spacial score (nSPS) is 13.8. The van der Waals surface area contributed by atoms with Gasteiger partial charge in [-0.15, -0.1) is 0 Å². The number of halogens is 1. The van der Waals surface area contributed by atoms with Crippen LogP contribution in [0.2, 0.25) is 5.02 Å². The smallest absolute Gasteiger partial charge is 0.0632 e. The molecule has 1 atom stereocenters. The van der Waals surface area contributed by atoms with Gasteiger partial charge in [-0.1, -0.05) is 32.4 Å². The molecular formula is C12H20ClN3. The van der Waals surface area contributed by atoms with Gasteiger partial charge in [0.25, 0.3) is 0 Å². The third kappa shape index (κ3) is 4.47. The molecular weight excluding hydrogens is 222 g/mol. The van der Waals surface area contributed by atoms with E-state index < -0.39 is 0 Å². The van der Waals surface area contributed by atoms with Crippen LogP contribution in [0.15, 0.2) is 18.3 Å². The molecule has 0 saturated heterocycles. The van der Waals surface area contributed by atoms with Crippen LogP contribution in [0, 0.1) is 5.41 Å². The second kappa shape index (κ2) is 5.62. The van der Waals surface area contributed by atoms with Gasteiger partial charge >= 0.3 is 0 Å². The largest absolute Gasteiger partial charge is 0.271 e. The maximum Gasteiger partial charge on any atom is 0.0632 e. The van der Waals surface area contributed by atoms with E-state index in [9.17, 15) is 0 Å². The predicted octanol–water partition coefficient (Wildman–Crippen LogP) is 3.07. The Balaban J connectivity index is 2.64. The van der Waals surface area contributed by atoms with E-state index in [0.29, 0.717) is 10.4 Å². The van der Waals surface area contributed by atoms with Gasteiger partial charge in [0.2, 0.25) is 0 Å². The van der Waals surface area contributed by atoms with Crippen molar-refractivity contribution in [3.05, 3.63) is 29.0 Å². The highest BCUT2D eigenvalue weighted by atomic mass is 35.5. The number of pyridine rings is 1. The van der Waals surface area contributed by atoms with E-state index in [1.807, 2.05) is 12.1 Å². The summed E-state index contributed by atoms with van der Waals surface area (Å²) < 4.78 is 0. The van der Waals surface area contributed by atoms with Gasteiger partial charge in [0.1, 0.15) is 0 Å². The maximum absolute atomic E-state index is 5.80. The lowest BCUT2D eigenvalue weighted by atomic mass is 9.88. The number of hydrogen-bond donors (Lipinski definition) is 2. The summed E-state index contributed by atoms with van der Waals surface area (Å²) in [5.41, 5.74) is 4.05. The van der Waals surface area contributed by atoms with Crippen molar-refractivity contribution in [1.82, 2.24) is 10.4 Å². The number of hydrogen-bond acceptors (Lipinski definition) is 3. The summed E-state index contributed by atoms with van der Waals surface area (Å²) in [6.07, 6.45) is 3.71. The molecule has 0 spiro atoms. The third-order valence-electron chi connectivity index (χ3n) is 2.49. The second-order valence-corrected chi connectivity index (χ2v) is 5.66. The van der Waals surface area contributed by atoms with Gasteiger partial charge in [0.05, 0.1) is 16.8 Å². The molecule has 0 saturated carbocycles. The van der Waals surface area contributed by atoms with E-state index in [1.54, 1.807) is 6.20 Å². The highest BCUT2D eigenvalue weighted by Crippen LogP contribution is 2.26. The highest BCUT2D eigenvalue weighted by Gasteiger charge is 2.16. The molecule has 16 heavy (non-hydrogen) atoms. The van der Waals surface area contributed by atoms with Crippen LogP contribution < -0.4 is 11.3 Å². The molecule has 0 aromatic carbocycles. The van der Waals surface area contributed by atoms with Gasteiger partial charge in [-0.2, -0.15) is 0 Å². The van der Waals surface area contributed by atoms with E-state index >= 15 is 0 Å². The summed E-state index contributed by atoms with van der Waals surface area (Å²) in [5.74, 6) is 5.55. The molecule has 3 nitrogen and oxygen atoms in total. The minimum absolute atomic E-state index is 0.0940. The first-order chi connectivity index (χ1) is 7.42. The number of nitrogens with one attached hydrogen (secondary N) is 1. The summed E-state index contributed by atoms with van der Waals surface area (Å²) in [5, 5.41) is 0.648. The van der Waals surface area contributed by atoms with E-state index in [-0.39, 0.29) is 6.04 Å². The van der Waals surface area contributed by atoms with Crippen LogP contribution >= 0.6 is 11.6 Å². The Morgan fingerprint density at radius 3 is 2.56 bits per heavy atom. The Labute approximate surface area is 102 Å². The molecule has 0 amide bonds. The zero-order chi connectivity index (χ0) is 12.2. The van der Waals surface area contributed by atoms with Gasteiger partial charge in [0.15, 0.2) is 0 Å². The van der Waals surface area contributed by atoms with Crippen molar-refractivity contribution < 1.29 is 0 Å². The summed E-state index contributed by atoms with van der Waals surface area (Å²) in [6.45, 7) is 6.65. The standard InChI is InChI=1S/C12H20ClN3/c1-12(2,3)7-6-11(16-14)10-5-4-9(13)8-15-10/h4-5,8,11,16H,6-7,14H2,1-3H3. The monoisotopic (exact) mass is 241 g/mol. The SMILES string of the molecule is CC(C)(C)CCC(NN)c1ccc(Cl)cn1. The quantitative estimate of drug-likeness (QED) is 0.629. The number of nitrogens with two attached hydrogens (primary N) is 1. The summed E-state index contributed by atoms with van der Waals surface area (Å²) >= 11 is 5.80. The molecule has 1 aromatic heterocycles. The lowest BCUT2D eigenvalue weighted by molar-refractivity contribution is 0.331. The Hall–Kier alpha value is -0.640. The van der Waals surface area contributed by atoms with Crippen molar-refractivity contribution in [2.24, 2.45) is 11.3 Å². The molecule has 0 fully saturated rings. The average molecular weight is 242 g/mol. The minimum atomic E-state index is 0.0940. The van der Waals surface area contributed by atoms with Gasteiger partial charge in [-0.25, -0.2) is 0 Å². The first-order valence-corrected chi connectivity index (χ1v) is 5.88. The molecule has 0 bridgehead atoms. The fourth-order valence-corrected chi connectivity index (χ4v) is 1.60. The van der Waals surface area contributed by atoms with Crippen molar-refractivity contribution >= 4 is 11.6 Å². The lowest BCUT2D eigenvalue weighted by Gasteiger charge is -2.22. The number of hydrazine groups is 1. The highest BCUT2D eigenvalue weighted by molar-refractivity contribution is 6.30. The van der Waals surface area contributed by atoms with Crippen LogP contribution in [0.3, 0.4) is 0 Å². The van der Waals surface area contributed by atoms with Crippen LogP contribution in [0.1, 0.15) is 45.3 Å². The molecule has 0 aliphatic rings. The van der Waals surface area contributed by atoms with Crippen molar-refractivity contribution in [1.29, 1.82) is 0 Å². The summed E-state index contributed by atoms with van der Waals surface area (Å²) in [4.78, 5) is 4.28. The molecule has 1 rings (SSSR count). The van der Waals surface area contributed by atoms with E-state index in [4.69, 9.17) is 17.4 Å². The third-order valence-corrected chi connectivity index (χ3v) is 2.72.